The molecule has 19 heavy (non-hydrogen) atoms. The number of nitrogens with zero attached hydrogens (tertiary/aromatic N) is 3. The van der Waals surface area contributed by atoms with Crippen LogP contribution in [0.4, 0.5) is 11.6 Å². The van der Waals surface area contributed by atoms with Gasteiger partial charge in [-0.1, -0.05) is 20.3 Å². The fourth-order valence-electron chi connectivity index (χ4n) is 2.19. The van der Waals surface area contributed by atoms with Gasteiger partial charge in [0.1, 0.15) is 17.5 Å². The molecule has 4 nitrogen and oxygen atoms in total. The molecule has 0 saturated carbocycles. The molecule has 1 aromatic rings. The Balaban J connectivity index is 3.02. The van der Waals surface area contributed by atoms with Crippen molar-refractivity contribution in [2.75, 3.05) is 23.8 Å². The Labute approximate surface area is 117 Å². The van der Waals surface area contributed by atoms with Crippen LogP contribution in [-0.4, -0.2) is 29.6 Å². The first kappa shape index (κ1) is 15.7. The molecule has 1 unspecified atom stereocenters. The van der Waals surface area contributed by atoms with Crippen LogP contribution < -0.4 is 10.2 Å². The van der Waals surface area contributed by atoms with Gasteiger partial charge in [0.05, 0.1) is 0 Å². The summed E-state index contributed by atoms with van der Waals surface area (Å²) < 4.78 is 0. The molecule has 108 valence electrons. The van der Waals surface area contributed by atoms with Crippen LogP contribution in [0.25, 0.3) is 0 Å². The molecule has 0 bridgehead atoms. The van der Waals surface area contributed by atoms with Crippen LogP contribution in [0.3, 0.4) is 0 Å². The standard InChI is InChI=1S/C15H28N4/c1-7-9-11(3)19(6)15-12(4)14(16-10-8-2)17-13(5)18-15/h11H,7-10H2,1-6H3,(H,16,17,18). The van der Waals surface area contributed by atoms with Crippen LogP contribution in [0.1, 0.15) is 51.4 Å². The smallest absolute Gasteiger partial charge is 0.137 e. The minimum atomic E-state index is 0.497. The van der Waals surface area contributed by atoms with Gasteiger partial charge < -0.3 is 10.2 Å². The summed E-state index contributed by atoms with van der Waals surface area (Å²) in [5.41, 5.74) is 1.14. The number of rotatable bonds is 7. The zero-order chi connectivity index (χ0) is 14.4. The van der Waals surface area contributed by atoms with E-state index < -0.39 is 0 Å². The van der Waals surface area contributed by atoms with Crippen LogP contribution in [-0.2, 0) is 0 Å². The average molecular weight is 264 g/mol. The van der Waals surface area contributed by atoms with Gasteiger partial charge in [0.2, 0.25) is 0 Å². The van der Waals surface area contributed by atoms with Gasteiger partial charge in [-0.05, 0) is 33.6 Å². The molecule has 0 aliphatic rings. The lowest BCUT2D eigenvalue weighted by Gasteiger charge is -2.28. The Kier molecular flexibility index (Phi) is 6.06. The van der Waals surface area contributed by atoms with Gasteiger partial charge in [0.15, 0.2) is 0 Å². The first-order valence-electron chi connectivity index (χ1n) is 7.33. The molecule has 0 aliphatic heterocycles. The number of anilines is 2. The largest absolute Gasteiger partial charge is 0.370 e. The van der Waals surface area contributed by atoms with E-state index in [0.29, 0.717) is 6.04 Å². The zero-order valence-electron chi connectivity index (χ0n) is 13.2. The number of nitrogens with one attached hydrogen (secondary N) is 1. The van der Waals surface area contributed by atoms with E-state index in [4.69, 9.17) is 0 Å². The second-order valence-electron chi connectivity index (χ2n) is 5.24. The lowest BCUT2D eigenvalue weighted by Crippen LogP contribution is -2.30. The van der Waals surface area contributed by atoms with E-state index in [1.165, 1.54) is 12.8 Å². The molecule has 0 aromatic carbocycles. The van der Waals surface area contributed by atoms with E-state index in [2.05, 4.69) is 54.9 Å². The summed E-state index contributed by atoms with van der Waals surface area (Å²) in [7, 11) is 2.12. The fraction of sp³-hybridized carbons (Fsp3) is 0.733. The Morgan fingerprint density at radius 1 is 1.16 bits per heavy atom. The molecular formula is C15H28N4. The van der Waals surface area contributed by atoms with Gasteiger partial charge in [0.25, 0.3) is 0 Å². The highest BCUT2D eigenvalue weighted by atomic mass is 15.2. The Hall–Kier alpha value is -1.32. The number of aryl methyl sites for hydroxylation is 1. The highest BCUT2D eigenvalue weighted by Gasteiger charge is 2.16. The maximum Gasteiger partial charge on any atom is 0.137 e. The van der Waals surface area contributed by atoms with Crippen molar-refractivity contribution >= 4 is 11.6 Å². The first-order chi connectivity index (χ1) is 9.01. The number of hydrogen-bond donors (Lipinski definition) is 1. The summed E-state index contributed by atoms with van der Waals surface area (Å²) in [5, 5.41) is 3.39. The topological polar surface area (TPSA) is 41.1 Å². The van der Waals surface area contributed by atoms with Gasteiger partial charge in [-0.2, -0.15) is 0 Å². The molecule has 0 radical (unpaired) electrons. The minimum Gasteiger partial charge on any atom is -0.370 e. The molecule has 0 saturated heterocycles. The van der Waals surface area contributed by atoms with Crippen LogP contribution in [0.15, 0.2) is 0 Å². The molecular weight excluding hydrogens is 236 g/mol. The normalized spacial score (nSPS) is 12.3. The third-order valence-corrected chi connectivity index (χ3v) is 3.48. The van der Waals surface area contributed by atoms with E-state index in [0.717, 1.165) is 36.0 Å². The summed E-state index contributed by atoms with van der Waals surface area (Å²) in [4.78, 5) is 11.4. The molecule has 1 aromatic heterocycles. The van der Waals surface area contributed by atoms with Gasteiger partial charge in [-0.25, -0.2) is 9.97 Å². The highest BCUT2D eigenvalue weighted by Crippen LogP contribution is 2.25. The predicted octanol–water partition coefficient (Wildman–Crippen LogP) is 3.54. The predicted molar refractivity (Wildman–Crippen MR) is 83.1 cm³/mol. The quantitative estimate of drug-likeness (QED) is 0.818. The molecule has 1 heterocycles. The Bertz CT molecular complexity index is 403. The third kappa shape index (κ3) is 4.08. The lowest BCUT2D eigenvalue weighted by molar-refractivity contribution is 0.609. The van der Waals surface area contributed by atoms with Crippen molar-refractivity contribution in [2.24, 2.45) is 0 Å². The van der Waals surface area contributed by atoms with Crippen molar-refractivity contribution in [2.45, 2.75) is 59.9 Å². The molecule has 1 N–H and O–H groups in total. The van der Waals surface area contributed by atoms with Crippen molar-refractivity contribution in [3.63, 3.8) is 0 Å². The summed E-state index contributed by atoms with van der Waals surface area (Å²) in [6.45, 7) is 11.6. The van der Waals surface area contributed by atoms with Crippen LogP contribution in [0, 0.1) is 13.8 Å². The molecule has 1 atom stereocenters. The van der Waals surface area contributed by atoms with E-state index in [1.54, 1.807) is 0 Å². The molecule has 0 spiro atoms. The van der Waals surface area contributed by atoms with E-state index in [1.807, 2.05) is 6.92 Å². The van der Waals surface area contributed by atoms with E-state index >= 15 is 0 Å². The third-order valence-electron chi connectivity index (χ3n) is 3.48. The summed E-state index contributed by atoms with van der Waals surface area (Å²) >= 11 is 0. The average Bonchev–Trinajstić information content (AvgIpc) is 2.38. The van der Waals surface area contributed by atoms with Crippen LogP contribution >= 0.6 is 0 Å². The van der Waals surface area contributed by atoms with Crippen molar-refractivity contribution in [3.05, 3.63) is 11.4 Å². The Morgan fingerprint density at radius 2 is 1.84 bits per heavy atom. The maximum atomic E-state index is 4.62. The van der Waals surface area contributed by atoms with Gasteiger partial charge in [-0.15, -0.1) is 0 Å². The Morgan fingerprint density at radius 3 is 2.42 bits per heavy atom. The lowest BCUT2D eigenvalue weighted by atomic mass is 10.1. The highest BCUT2D eigenvalue weighted by molar-refractivity contribution is 5.58. The first-order valence-corrected chi connectivity index (χ1v) is 7.33. The molecule has 0 amide bonds. The van der Waals surface area contributed by atoms with E-state index in [-0.39, 0.29) is 0 Å². The summed E-state index contributed by atoms with van der Waals surface area (Å²) in [5.74, 6) is 2.85. The zero-order valence-corrected chi connectivity index (χ0v) is 13.2. The monoisotopic (exact) mass is 264 g/mol. The molecule has 0 fully saturated rings. The van der Waals surface area contributed by atoms with Crippen molar-refractivity contribution in [3.8, 4) is 0 Å². The number of aromatic nitrogens is 2. The maximum absolute atomic E-state index is 4.62. The fourth-order valence-corrected chi connectivity index (χ4v) is 2.19. The van der Waals surface area contributed by atoms with Gasteiger partial charge >= 0.3 is 0 Å². The molecule has 0 aliphatic carbocycles. The van der Waals surface area contributed by atoms with Crippen molar-refractivity contribution in [1.29, 1.82) is 0 Å². The van der Waals surface area contributed by atoms with Gasteiger partial charge in [0, 0.05) is 25.2 Å². The SMILES string of the molecule is CCCNc1nc(C)nc(N(C)C(C)CCC)c1C. The number of hydrogen-bond acceptors (Lipinski definition) is 4. The summed E-state index contributed by atoms with van der Waals surface area (Å²) in [6, 6.07) is 0.497. The second-order valence-corrected chi connectivity index (χ2v) is 5.24. The van der Waals surface area contributed by atoms with Crippen LogP contribution in [0.5, 0.6) is 0 Å². The second kappa shape index (κ2) is 7.31. The van der Waals surface area contributed by atoms with Crippen molar-refractivity contribution < 1.29 is 0 Å². The van der Waals surface area contributed by atoms with Gasteiger partial charge in [-0.3, -0.25) is 0 Å². The minimum absolute atomic E-state index is 0.497. The molecule has 4 heteroatoms. The molecule has 1 rings (SSSR count). The van der Waals surface area contributed by atoms with Crippen LogP contribution in [0.2, 0.25) is 0 Å². The van der Waals surface area contributed by atoms with Crippen molar-refractivity contribution in [1.82, 2.24) is 9.97 Å². The van der Waals surface area contributed by atoms with E-state index in [9.17, 15) is 0 Å². The summed E-state index contributed by atoms with van der Waals surface area (Å²) in [6.07, 6.45) is 3.46.